The monoisotopic (exact) mass is 338 g/mol. The molecule has 2 rings (SSSR count). The molecule has 1 aromatic rings. The molecular weight excluding hydrogens is 308 g/mol. The van der Waals surface area contributed by atoms with Gasteiger partial charge in [0.25, 0.3) is 0 Å². The van der Waals surface area contributed by atoms with Crippen molar-refractivity contribution in [3.63, 3.8) is 0 Å². The van der Waals surface area contributed by atoms with Gasteiger partial charge in [0.05, 0.1) is 13.2 Å². The van der Waals surface area contributed by atoms with Gasteiger partial charge in [0, 0.05) is 24.2 Å². The summed E-state index contributed by atoms with van der Waals surface area (Å²) in [6.45, 7) is 9.57. The summed E-state index contributed by atoms with van der Waals surface area (Å²) in [4.78, 5) is 15.7. The average molecular weight is 338 g/mol. The fourth-order valence-electron chi connectivity index (χ4n) is 3.50. The highest BCUT2D eigenvalue weighted by Crippen LogP contribution is 2.40. The maximum atomic E-state index is 9.03. The molecule has 0 aliphatic carbocycles. The molecule has 2 heterocycles. The van der Waals surface area contributed by atoms with E-state index in [-0.39, 0.29) is 24.3 Å². The van der Waals surface area contributed by atoms with Gasteiger partial charge >= 0.3 is 0 Å². The summed E-state index contributed by atoms with van der Waals surface area (Å²) >= 11 is 0. The lowest BCUT2D eigenvalue weighted by Gasteiger charge is -2.52. The van der Waals surface area contributed by atoms with Gasteiger partial charge in [-0.1, -0.05) is 0 Å². The maximum absolute atomic E-state index is 9.03. The number of nitrogens with zero attached hydrogens (tertiary/aromatic N) is 4. The van der Waals surface area contributed by atoms with Gasteiger partial charge in [-0.2, -0.15) is 15.0 Å². The van der Waals surface area contributed by atoms with E-state index < -0.39 is 0 Å². The third-order valence-corrected chi connectivity index (χ3v) is 4.40. The molecule has 0 spiro atoms. The molecule has 0 radical (unpaired) electrons. The van der Waals surface area contributed by atoms with Crippen molar-refractivity contribution >= 4 is 17.8 Å². The van der Waals surface area contributed by atoms with Gasteiger partial charge in [-0.3, -0.25) is 0 Å². The summed E-state index contributed by atoms with van der Waals surface area (Å²) in [7, 11) is 0. The van der Waals surface area contributed by atoms with Gasteiger partial charge < -0.3 is 25.7 Å². The molecule has 1 aliphatic heterocycles. The van der Waals surface area contributed by atoms with Crippen molar-refractivity contribution in [2.24, 2.45) is 0 Å². The van der Waals surface area contributed by atoms with Crippen LogP contribution < -0.4 is 15.5 Å². The quantitative estimate of drug-likeness (QED) is 0.588. The van der Waals surface area contributed by atoms with E-state index in [1.807, 2.05) is 0 Å². The van der Waals surface area contributed by atoms with Crippen LogP contribution in [-0.4, -0.2) is 62.5 Å². The fourth-order valence-corrected chi connectivity index (χ4v) is 3.50. The minimum absolute atomic E-state index is 0.00111. The maximum Gasteiger partial charge on any atom is 0.232 e. The smallest absolute Gasteiger partial charge is 0.232 e. The lowest BCUT2D eigenvalue weighted by Crippen LogP contribution is -2.59. The SMILES string of the molecule is CC1(C)CCCC(C)(C)N1c1nc(NCCO)nc(NCCO)n1. The molecule has 1 saturated heterocycles. The molecular formula is C16H30N6O2. The van der Waals surface area contributed by atoms with Gasteiger partial charge in [-0.15, -0.1) is 0 Å². The minimum Gasteiger partial charge on any atom is -0.395 e. The van der Waals surface area contributed by atoms with Crippen molar-refractivity contribution in [3.05, 3.63) is 0 Å². The van der Waals surface area contributed by atoms with Crippen LogP contribution in [0.25, 0.3) is 0 Å². The average Bonchev–Trinajstić information content (AvgIpc) is 2.49. The molecule has 0 amide bonds. The van der Waals surface area contributed by atoms with Crippen LogP contribution in [0.4, 0.5) is 17.8 Å². The molecule has 8 nitrogen and oxygen atoms in total. The van der Waals surface area contributed by atoms with E-state index in [0.29, 0.717) is 30.9 Å². The Morgan fingerprint density at radius 3 is 1.75 bits per heavy atom. The van der Waals surface area contributed by atoms with Gasteiger partial charge in [-0.05, 0) is 47.0 Å². The molecule has 1 fully saturated rings. The Hall–Kier alpha value is -1.67. The molecule has 1 aromatic heterocycles. The van der Waals surface area contributed by atoms with E-state index in [1.54, 1.807) is 0 Å². The second kappa shape index (κ2) is 7.48. The Morgan fingerprint density at radius 2 is 1.33 bits per heavy atom. The minimum atomic E-state index is -0.0639. The number of piperidine rings is 1. The Kier molecular flexibility index (Phi) is 5.82. The second-order valence-electron chi connectivity index (χ2n) is 7.40. The summed E-state index contributed by atoms with van der Waals surface area (Å²) in [6.07, 6.45) is 3.31. The van der Waals surface area contributed by atoms with Crippen LogP contribution in [0.15, 0.2) is 0 Å². The molecule has 0 aromatic carbocycles. The van der Waals surface area contributed by atoms with E-state index in [4.69, 9.17) is 10.2 Å². The Balaban J connectivity index is 2.41. The first-order chi connectivity index (χ1) is 11.3. The van der Waals surface area contributed by atoms with Gasteiger partial charge in [-0.25, -0.2) is 0 Å². The van der Waals surface area contributed by atoms with Crippen LogP contribution in [0.2, 0.25) is 0 Å². The van der Waals surface area contributed by atoms with Crippen LogP contribution in [0.3, 0.4) is 0 Å². The molecule has 0 unspecified atom stereocenters. The largest absolute Gasteiger partial charge is 0.395 e. The van der Waals surface area contributed by atoms with E-state index in [0.717, 1.165) is 12.8 Å². The standard InChI is InChI=1S/C16H30N6O2/c1-15(2)6-5-7-16(3,4)22(15)14-20-12(17-8-10-23)19-13(21-14)18-9-11-24/h23-24H,5-11H2,1-4H3,(H2,17,18,19,20,21). The zero-order valence-electron chi connectivity index (χ0n) is 15.1. The Morgan fingerprint density at radius 1 is 0.875 bits per heavy atom. The highest BCUT2D eigenvalue weighted by Gasteiger charge is 2.43. The fraction of sp³-hybridized carbons (Fsp3) is 0.812. The van der Waals surface area contributed by atoms with Crippen molar-refractivity contribution in [3.8, 4) is 0 Å². The lowest BCUT2D eigenvalue weighted by molar-refractivity contribution is 0.239. The predicted octanol–water partition coefficient (Wildman–Crippen LogP) is 1.23. The molecule has 136 valence electrons. The molecule has 4 N–H and O–H groups in total. The summed E-state index contributed by atoms with van der Waals surface area (Å²) in [6, 6.07) is 0. The summed E-state index contributed by atoms with van der Waals surface area (Å²) < 4.78 is 0. The highest BCUT2D eigenvalue weighted by atomic mass is 16.3. The molecule has 0 atom stereocenters. The number of hydrogen-bond donors (Lipinski definition) is 4. The van der Waals surface area contributed by atoms with Gasteiger partial charge in [0.1, 0.15) is 0 Å². The van der Waals surface area contributed by atoms with Gasteiger partial charge in [0.2, 0.25) is 17.8 Å². The highest BCUT2D eigenvalue weighted by molar-refractivity contribution is 5.48. The Bertz CT molecular complexity index is 507. The number of aliphatic hydroxyl groups is 2. The van der Waals surface area contributed by atoms with E-state index in [9.17, 15) is 0 Å². The normalized spacial score (nSPS) is 19.2. The first-order valence-electron chi connectivity index (χ1n) is 8.56. The van der Waals surface area contributed by atoms with Crippen molar-refractivity contribution in [2.45, 2.75) is 58.0 Å². The number of rotatable bonds is 7. The number of anilines is 3. The van der Waals surface area contributed by atoms with Crippen molar-refractivity contribution in [2.75, 3.05) is 41.8 Å². The predicted molar refractivity (Wildman–Crippen MR) is 95.5 cm³/mol. The molecule has 24 heavy (non-hydrogen) atoms. The van der Waals surface area contributed by atoms with Crippen LogP contribution >= 0.6 is 0 Å². The molecule has 8 heteroatoms. The van der Waals surface area contributed by atoms with Crippen molar-refractivity contribution in [1.29, 1.82) is 0 Å². The van der Waals surface area contributed by atoms with Crippen molar-refractivity contribution in [1.82, 2.24) is 15.0 Å². The van der Waals surface area contributed by atoms with Crippen LogP contribution in [-0.2, 0) is 0 Å². The Labute approximate surface area is 143 Å². The lowest BCUT2D eigenvalue weighted by atomic mass is 9.80. The second-order valence-corrected chi connectivity index (χ2v) is 7.40. The van der Waals surface area contributed by atoms with Crippen LogP contribution in [0.5, 0.6) is 0 Å². The first kappa shape index (κ1) is 18.7. The number of hydrogen-bond acceptors (Lipinski definition) is 8. The summed E-state index contributed by atoms with van der Waals surface area (Å²) in [5.74, 6) is 1.46. The van der Waals surface area contributed by atoms with Crippen LogP contribution in [0.1, 0.15) is 47.0 Å². The van der Waals surface area contributed by atoms with Crippen LogP contribution in [0, 0.1) is 0 Å². The number of nitrogens with one attached hydrogen (secondary N) is 2. The zero-order chi connectivity index (χ0) is 17.8. The summed E-state index contributed by atoms with van der Waals surface area (Å²) in [5, 5.41) is 24.1. The molecule has 0 bridgehead atoms. The number of aliphatic hydroxyl groups excluding tert-OH is 2. The third kappa shape index (κ3) is 4.24. The van der Waals surface area contributed by atoms with E-state index >= 15 is 0 Å². The van der Waals surface area contributed by atoms with Gasteiger partial charge in [0.15, 0.2) is 0 Å². The molecule has 1 aliphatic rings. The topological polar surface area (TPSA) is 106 Å². The van der Waals surface area contributed by atoms with E-state index in [2.05, 4.69) is 58.2 Å². The van der Waals surface area contributed by atoms with E-state index in [1.165, 1.54) is 6.42 Å². The van der Waals surface area contributed by atoms with Crippen molar-refractivity contribution < 1.29 is 10.2 Å². The number of aromatic nitrogens is 3. The zero-order valence-corrected chi connectivity index (χ0v) is 15.1. The summed E-state index contributed by atoms with van der Waals surface area (Å²) in [5.41, 5.74) is -0.128. The first-order valence-corrected chi connectivity index (χ1v) is 8.56. The molecule has 0 saturated carbocycles. The third-order valence-electron chi connectivity index (χ3n) is 4.40.